The first-order valence-corrected chi connectivity index (χ1v) is 14.1. The number of nitrogens with one attached hydrogen (secondary N) is 2. The zero-order chi connectivity index (χ0) is 24.3. The van der Waals surface area contributed by atoms with Gasteiger partial charge in [0.2, 0.25) is 5.95 Å². The minimum atomic E-state index is 0.214. The summed E-state index contributed by atoms with van der Waals surface area (Å²) in [4.78, 5) is 16.4. The van der Waals surface area contributed by atoms with Crippen LogP contribution in [-0.4, -0.2) is 103 Å². The van der Waals surface area contributed by atoms with E-state index in [9.17, 15) is 0 Å². The first kappa shape index (κ1) is 26.4. The molecular weight excluding hydrogens is 440 g/mol. The highest BCUT2D eigenvalue weighted by Crippen LogP contribution is 2.28. The van der Waals surface area contributed by atoms with Gasteiger partial charge in [-0.05, 0) is 89.5 Å². The van der Waals surface area contributed by atoms with Crippen molar-refractivity contribution in [3.8, 4) is 0 Å². The molecule has 0 atom stereocenters. The van der Waals surface area contributed by atoms with Gasteiger partial charge < -0.3 is 31.3 Å². The first-order chi connectivity index (χ1) is 17.2. The topological polar surface area (TPSA) is 106 Å². The fourth-order valence-electron chi connectivity index (χ4n) is 5.83. The van der Waals surface area contributed by atoms with E-state index in [4.69, 9.17) is 15.8 Å². The highest BCUT2D eigenvalue weighted by molar-refractivity contribution is 5.51. The van der Waals surface area contributed by atoms with E-state index in [1.54, 1.807) is 0 Å². The number of hydrogen-bond donors (Lipinski definition) is 4. The van der Waals surface area contributed by atoms with Gasteiger partial charge in [0, 0.05) is 45.3 Å². The number of piperazine rings is 1. The Balaban J connectivity index is 1.11. The molecule has 0 spiro atoms. The van der Waals surface area contributed by atoms with Crippen molar-refractivity contribution in [2.45, 2.75) is 51.4 Å². The van der Waals surface area contributed by atoms with Crippen molar-refractivity contribution in [1.82, 2.24) is 25.1 Å². The molecule has 2 aliphatic heterocycles. The molecule has 2 saturated heterocycles. The summed E-state index contributed by atoms with van der Waals surface area (Å²) in [5.74, 6) is 3.57. The van der Waals surface area contributed by atoms with E-state index in [0.29, 0.717) is 17.7 Å². The highest BCUT2D eigenvalue weighted by Gasteiger charge is 2.22. The maximum Gasteiger partial charge on any atom is 0.226 e. The summed E-state index contributed by atoms with van der Waals surface area (Å²) in [5.41, 5.74) is 6.11. The second-order valence-corrected chi connectivity index (χ2v) is 10.8. The SMILES string of the molecule is Nc1cc(N2CCN(CCO)CC2)nc(NCC2CCC(CNCCCN3CCCCC3)CC2)n1. The second-order valence-electron chi connectivity index (χ2n) is 10.8. The average Bonchev–Trinajstić information content (AvgIpc) is 2.89. The number of nitrogens with zero attached hydrogens (tertiary/aromatic N) is 5. The number of anilines is 3. The van der Waals surface area contributed by atoms with Crippen LogP contribution in [0.4, 0.5) is 17.6 Å². The van der Waals surface area contributed by atoms with Gasteiger partial charge in [0.25, 0.3) is 0 Å². The Bertz CT molecular complexity index is 728. The van der Waals surface area contributed by atoms with Crippen LogP contribution in [-0.2, 0) is 0 Å². The van der Waals surface area contributed by atoms with Crippen LogP contribution in [0.2, 0.25) is 0 Å². The van der Waals surface area contributed by atoms with Crippen LogP contribution in [0.15, 0.2) is 6.07 Å². The zero-order valence-electron chi connectivity index (χ0n) is 21.6. The molecule has 0 radical (unpaired) electrons. The van der Waals surface area contributed by atoms with Crippen LogP contribution in [0.3, 0.4) is 0 Å². The van der Waals surface area contributed by atoms with Crippen LogP contribution in [0.25, 0.3) is 0 Å². The molecule has 3 aliphatic rings. The lowest BCUT2D eigenvalue weighted by atomic mass is 9.82. The molecule has 1 aliphatic carbocycles. The van der Waals surface area contributed by atoms with Crippen LogP contribution in [0.5, 0.6) is 0 Å². The fourth-order valence-corrected chi connectivity index (χ4v) is 5.83. The van der Waals surface area contributed by atoms with Gasteiger partial charge in [-0.15, -0.1) is 0 Å². The predicted octanol–water partition coefficient (Wildman–Crippen LogP) is 1.86. The fraction of sp³-hybridized carbons (Fsp3) is 0.846. The number of piperidine rings is 1. The van der Waals surface area contributed by atoms with Crippen molar-refractivity contribution in [3.05, 3.63) is 6.07 Å². The van der Waals surface area contributed by atoms with Crippen molar-refractivity contribution >= 4 is 17.6 Å². The summed E-state index contributed by atoms with van der Waals surface area (Å²) >= 11 is 0. The monoisotopic (exact) mass is 488 g/mol. The van der Waals surface area contributed by atoms with Crippen molar-refractivity contribution in [3.63, 3.8) is 0 Å². The highest BCUT2D eigenvalue weighted by atomic mass is 16.3. The van der Waals surface area contributed by atoms with E-state index in [1.165, 1.54) is 77.5 Å². The molecule has 0 aromatic carbocycles. The summed E-state index contributed by atoms with van der Waals surface area (Å²) in [5, 5.41) is 16.4. The van der Waals surface area contributed by atoms with Gasteiger partial charge in [-0.25, -0.2) is 0 Å². The Labute approximate surface area is 211 Å². The van der Waals surface area contributed by atoms with E-state index in [2.05, 4.69) is 30.3 Å². The largest absolute Gasteiger partial charge is 0.395 e. The lowest BCUT2D eigenvalue weighted by molar-refractivity contribution is 0.188. The number of nitrogen functional groups attached to an aromatic ring is 1. The van der Waals surface area contributed by atoms with Crippen LogP contribution in [0, 0.1) is 11.8 Å². The van der Waals surface area contributed by atoms with Crippen molar-refractivity contribution in [1.29, 1.82) is 0 Å². The van der Waals surface area contributed by atoms with Crippen LogP contribution >= 0.6 is 0 Å². The molecule has 1 aromatic rings. The van der Waals surface area contributed by atoms with E-state index >= 15 is 0 Å². The van der Waals surface area contributed by atoms with Gasteiger partial charge in [-0.1, -0.05) is 6.42 Å². The second kappa shape index (κ2) is 14.2. The minimum absolute atomic E-state index is 0.214. The Hall–Kier alpha value is -1.68. The van der Waals surface area contributed by atoms with Crippen molar-refractivity contribution in [2.24, 2.45) is 11.8 Å². The minimum Gasteiger partial charge on any atom is -0.395 e. The number of β-amino-alcohol motifs (C(OH)–C–C–N with tert-alkyl or cyclic N) is 1. The Morgan fingerprint density at radius 2 is 1.54 bits per heavy atom. The van der Waals surface area contributed by atoms with Gasteiger partial charge in [-0.3, -0.25) is 4.90 Å². The molecule has 9 nitrogen and oxygen atoms in total. The lowest BCUT2D eigenvalue weighted by Crippen LogP contribution is -2.47. The molecule has 0 amide bonds. The first-order valence-electron chi connectivity index (χ1n) is 14.1. The van der Waals surface area contributed by atoms with Crippen molar-refractivity contribution < 1.29 is 5.11 Å². The molecule has 35 heavy (non-hydrogen) atoms. The number of aliphatic hydroxyl groups excluding tert-OH is 1. The maximum atomic E-state index is 9.15. The molecule has 0 unspecified atom stereocenters. The maximum absolute atomic E-state index is 9.15. The lowest BCUT2D eigenvalue weighted by Gasteiger charge is -2.35. The molecule has 3 fully saturated rings. The molecule has 9 heteroatoms. The number of likely N-dealkylation sites (tertiary alicyclic amines) is 1. The van der Waals surface area contributed by atoms with Crippen molar-refractivity contribution in [2.75, 3.05) is 94.5 Å². The molecule has 5 N–H and O–H groups in total. The molecule has 3 heterocycles. The zero-order valence-corrected chi connectivity index (χ0v) is 21.6. The third-order valence-electron chi connectivity index (χ3n) is 8.07. The summed E-state index contributed by atoms with van der Waals surface area (Å²) in [7, 11) is 0. The van der Waals surface area contributed by atoms with Gasteiger partial charge in [0.15, 0.2) is 0 Å². The summed E-state index contributed by atoms with van der Waals surface area (Å²) in [6.45, 7) is 11.7. The summed E-state index contributed by atoms with van der Waals surface area (Å²) in [6.07, 6.45) is 10.6. The Morgan fingerprint density at radius 3 is 2.26 bits per heavy atom. The molecule has 1 saturated carbocycles. The summed E-state index contributed by atoms with van der Waals surface area (Å²) in [6, 6.07) is 1.87. The standard InChI is InChI=1S/C26H48N8O/c27-24-19-25(34-15-13-33(14-16-34)17-18-35)31-26(30-24)29-21-23-7-5-22(6-8-23)20-28-9-4-12-32-10-2-1-3-11-32/h19,22-23,28,35H,1-18,20-21H2,(H3,27,29,30,31). The number of aromatic nitrogens is 2. The number of rotatable bonds is 12. The number of aliphatic hydroxyl groups is 1. The van der Waals surface area contributed by atoms with Gasteiger partial charge in [-0.2, -0.15) is 9.97 Å². The molecule has 1 aromatic heterocycles. The molecule has 198 valence electrons. The van der Waals surface area contributed by atoms with Crippen LogP contribution < -0.4 is 21.3 Å². The normalized spacial score (nSPS) is 24.5. The number of nitrogens with two attached hydrogens (primary N) is 1. The smallest absolute Gasteiger partial charge is 0.226 e. The van der Waals surface area contributed by atoms with E-state index in [-0.39, 0.29) is 6.61 Å². The average molecular weight is 489 g/mol. The Kier molecular flexibility index (Phi) is 10.7. The predicted molar refractivity (Wildman–Crippen MR) is 144 cm³/mol. The quantitative estimate of drug-likeness (QED) is 0.328. The van der Waals surface area contributed by atoms with Gasteiger partial charge in [0.1, 0.15) is 11.6 Å². The Morgan fingerprint density at radius 1 is 0.857 bits per heavy atom. The van der Waals surface area contributed by atoms with Crippen LogP contribution in [0.1, 0.15) is 51.4 Å². The van der Waals surface area contributed by atoms with E-state index in [0.717, 1.165) is 57.5 Å². The number of hydrogen-bond acceptors (Lipinski definition) is 9. The van der Waals surface area contributed by atoms with Gasteiger partial charge >= 0.3 is 0 Å². The molecular formula is C26H48N8O. The molecule has 0 bridgehead atoms. The third-order valence-corrected chi connectivity index (χ3v) is 8.07. The third kappa shape index (κ3) is 8.74. The summed E-state index contributed by atoms with van der Waals surface area (Å²) < 4.78 is 0. The van der Waals surface area contributed by atoms with E-state index < -0.39 is 0 Å². The van der Waals surface area contributed by atoms with E-state index in [1.807, 2.05) is 6.07 Å². The van der Waals surface area contributed by atoms with Gasteiger partial charge in [0.05, 0.1) is 6.61 Å². The molecule has 4 rings (SSSR count).